The molecule has 1 fully saturated rings. The van der Waals surface area contributed by atoms with E-state index in [1.54, 1.807) is 16.9 Å². The van der Waals surface area contributed by atoms with Crippen molar-refractivity contribution in [2.75, 3.05) is 5.32 Å². The van der Waals surface area contributed by atoms with Gasteiger partial charge in [0.1, 0.15) is 12.1 Å². The van der Waals surface area contributed by atoms with Crippen LogP contribution >= 0.6 is 0 Å². The standard InChI is InChI=1S/C11H15N5O/c17-9-4-2-1-3-8(9)15-11-6-12-5-10-13-7-14-16(10)11/h5-9,15,17H,1-4H2. The lowest BCUT2D eigenvalue weighted by atomic mass is 9.93. The van der Waals surface area contributed by atoms with Crippen LogP contribution < -0.4 is 5.32 Å². The van der Waals surface area contributed by atoms with Gasteiger partial charge in [-0.3, -0.25) is 4.98 Å². The predicted octanol–water partition coefficient (Wildman–Crippen LogP) is 0.840. The Morgan fingerprint density at radius 1 is 1.29 bits per heavy atom. The van der Waals surface area contributed by atoms with Gasteiger partial charge in [-0.15, -0.1) is 0 Å². The minimum Gasteiger partial charge on any atom is -0.391 e. The molecule has 0 amide bonds. The zero-order valence-corrected chi connectivity index (χ0v) is 9.45. The molecule has 2 aromatic heterocycles. The Morgan fingerprint density at radius 2 is 2.18 bits per heavy atom. The Labute approximate surface area is 98.7 Å². The molecule has 0 aliphatic heterocycles. The summed E-state index contributed by atoms with van der Waals surface area (Å²) in [7, 11) is 0. The zero-order chi connectivity index (χ0) is 11.7. The lowest BCUT2D eigenvalue weighted by Crippen LogP contribution is -2.36. The first-order valence-electron chi connectivity index (χ1n) is 5.93. The normalized spacial score (nSPS) is 25.0. The summed E-state index contributed by atoms with van der Waals surface area (Å²) >= 11 is 0. The number of hydrogen-bond donors (Lipinski definition) is 2. The molecule has 0 aromatic carbocycles. The first-order chi connectivity index (χ1) is 8.34. The SMILES string of the molecule is OC1CCCCC1Nc1cncc2ncnn12. The number of rotatable bonds is 2. The number of aliphatic hydroxyl groups excluding tert-OH is 1. The third-order valence-corrected chi connectivity index (χ3v) is 3.25. The maximum absolute atomic E-state index is 9.92. The van der Waals surface area contributed by atoms with Crippen molar-refractivity contribution >= 4 is 11.5 Å². The van der Waals surface area contributed by atoms with Crippen LogP contribution in [-0.4, -0.2) is 36.8 Å². The smallest absolute Gasteiger partial charge is 0.175 e. The highest BCUT2D eigenvalue weighted by Crippen LogP contribution is 2.21. The molecule has 0 spiro atoms. The highest BCUT2D eigenvalue weighted by molar-refractivity contribution is 5.45. The quantitative estimate of drug-likeness (QED) is 0.804. The van der Waals surface area contributed by atoms with Gasteiger partial charge in [0.25, 0.3) is 0 Å². The first-order valence-corrected chi connectivity index (χ1v) is 5.93. The van der Waals surface area contributed by atoms with Crippen LogP contribution in [0.25, 0.3) is 5.65 Å². The molecular formula is C11H15N5O. The Bertz CT molecular complexity index is 511. The van der Waals surface area contributed by atoms with Crippen molar-refractivity contribution in [3.8, 4) is 0 Å². The van der Waals surface area contributed by atoms with E-state index in [2.05, 4.69) is 20.4 Å². The van der Waals surface area contributed by atoms with Gasteiger partial charge in [-0.1, -0.05) is 12.8 Å². The topological polar surface area (TPSA) is 75.3 Å². The minimum atomic E-state index is -0.289. The van der Waals surface area contributed by atoms with Gasteiger partial charge >= 0.3 is 0 Å². The second kappa shape index (κ2) is 4.29. The van der Waals surface area contributed by atoms with Gasteiger partial charge in [-0.25, -0.2) is 4.98 Å². The number of nitrogens with zero attached hydrogens (tertiary/aromatic N) is 4. The van der Waals surface area contributed by atoms with Crippen molar-refractivity contribution in [2.45, 2.75) is 37.8 Å². The van der Waals surface area contributed by atoms with Gasteiger partial charge in [-0.05, 0) is 12.8 Å². The molecular weight excluding hydrogens is 218 g/mol. The molecule has 0 radical (unpaired) electrons. The predicted molar refractivity (Wildman–Crippen MR) is 62.7 cm³/mol. The monoisotopic (exact) mass is 233 g/mol. The van der Waals surface area contributed by atoms with Crippen molar-refractivity contribution in [3.05, 3.63) is 18.7 Å². The second-order valence-electron chi connectivity index (χ2n) is 4.43. The molecule has 2 atom stereocenters. The van der Waals surface area contributed by atoms with E-state index in [9.17, 15) is 5.11 Å². The number of nitrogens with one attached hydrogen (secondary N) is 1. The van der Waals surface area contributed by atoms with Gasteiger partial charge in [0.15, 0.2) is 5.65 Å². The van der Waals surface area contributed by atoms with Crippen LogP contribution in [0.5, 0.6) is 0 Å². The van der Waals surface area contributed by atoms with E-state index in [1.165, 1.54) is 6.33 Å². The third-order valence-electron chi connectivity index (χ3n) is 3.25. The van der Waals surface area contributed by atoms with E-state index < -0.39 is 0 Å². The van der Waals surface area contributed by atoms with E-state index >= 15 is 0 Å². The van der Waals surface area contributed by atoms with E-state index in [0.29, 0.717) is 5.65 Å². The van der Waals surface area contributed by atoms with Gasteiger partial charge in [0.05, 0.1) is 24.5 Å². The Kier molecular flexibility index (Phi) is 2.64. The second-order valence-corrected chi connectivity index (χ2v) is 4.43. The lowest BCUT2D eigenvalue weighted by Gasteiger charge is -2.28. The number of fused-ring (bicyclic) bond motifs is 1. The van der Waals surface area contributed by atoms with Gasteiger partial charge in [0.2, 0.25) is 0 Å². The molecule has 17 heavy (non-hydrogen) atoms. The maximum atomic E-state index is 9.92. The average molecular weight is 233 g/mol. The fourth-order valence-corrected chi connectivity index (χ4v) is 2.32. The summed E-state index contributed by atoms with van der Waals surface area (Å²) in [5.74, 6) is 0.783. The summed E-state index contributed by atoms with van der Waals surface area (Å²) in [5, 5.41) is 17.4. The van der Waals surface area contributed by atoms with Crippen molar-refractivity contribution in [1.29, 1.82) is 0 Å². The van der Waals surface area contributed by atoms with Crippen molar-refractivity contribution < 1.29 is 5.11 Å². The number of aliphatic hydroxyl groups is 1. The fourth-order valence-electron chi connectivity index (χ4n) is 2.32. The van der Waals surface area contributed by atoms with Crippen LogP contribution in [-0.2, 0) is 0 Å². The molecule has 6 nitrogen and oxygen atoms in total. The Hall–Kier alpha value is -1.69. The Balaban J connectivity index is 1.86. The van der Waals surface area contributed by atoms with Crippen LogP contribution in [0.15, 0.2) is 18.7 Å². The van der Waals surface area contributed by atoms with Gasteiger partial charge in [0, 0.05) is 0 Å². The van der Waals surface area contributed by atoms with E-state index in [4.69, 9.17) is 0 Å². The maximum Gasteiger partial charge on any atom is 0.175 e. The summed E-state index contributed by atoms with van der Waals surface area (Å²) in [6.45, 7) is 0. The summed E-state index contributed by atoms with van der Waals surface area (Å²) in [4.78, 5) is 8.19. The summed E-state index contributed by atoms with van der Waals surface area (Å²) in [6.07, 6.45) is 8.67. The molecule has 6 heteroatoms. The van der Waals surface area contributed by atoms with Crippen LogP contribution in [0.1, 0.15) is 25.7 Å². The van der Waals surface area contributed by atoms with Crippen LogP contribution in [0.2, 0.25) is 0 Å². The van der Waals surface area contributed by atoms with Crippen LogP contribution in [0.3, 0.4) is 0 Å². The van der Waals surface area contributed by atoms with E-state index in [1.807, 2.05) is 0 Å². The highest BCUT2D eigenvalue weighted by atomic mass is 16.3. The summed E-state index contributed by atoms with van der Waals surface area (Å²) in [6, 6.07) is 0.0837. The number of hydrogen-bond acceptors (Lipinski definition) is 5. The largest absolute Gasteiger partial charge is 0.391 e. The molecule has 2 heterocycles. The average Bonchev–Trinajstić information content (AvgIpc) is 2.81. The molecule has 3 rings (SSSR count). The first kappa shape index (κ1) is 10.5. The van der Waals surface area contributed by atoms with Crippen molar-refractivity contribution in [2.24, 2.45) is 0 Å². The fraction of sp³-hybridized carbons (Fsp3) is 0.545. The zero-order valence-electron chi connectivity index (χ0n) is 9.45. The molecule has 1 aliphatic rings. The number of anilines is 1. The summed E-state index contributed by atoms with van der Waals surface area (Å²) < 4.78 is 1.70. The molecule has 0 saturated heterocycles. The molecule has 2 aromatic rings. The summed E-state index contributed by atoms with van der Waals surface area (Å²) in [5.41, 5.74) is 0.709. The van der Waals surface area contributed by atoms with Crippen molar-refractivity contribution in [3.63, 3.8) is 0 Å². The van der Waals surface area contributed by atoms with Gasteiger partial charge in [-0.2, -0.15) is 9.61 Å². The Morgan fingerprint density at radius 3 is 3.06 bits per heavy atom. The minimum absolute atomic E-state index is 0.0837. The van der Waals surface area contributed by atoms with Gasteiger partial charge < -0.3 is 10.4 Å². The molecule has 0 bridgehead atoms. The van der Waals surface area contributed by atoms with E-state index in [-0.39, 0.29) is 12.1 Å². The van der Waals surface area contributed by atoms with Crippen molar-refractivity contribution in [1.82, 2.24) is 19.6 Å². The van der Waals surface area contributed by atoms with E-state index in [0.717, 1.165) is 31.5 Å². The van der Waals surface area contributed by atoms with Crippen LogP contribution in [0, 0.1) is 0 Å². The molecule has 2 N–H and O–H groups in total. The molecule has 2 unspecified atom stereocenters. The molecule has 90 valence electrons. The van der Waals surface area contributed by atoms with Crippen LogP contribution in [0.4, 0.5) is 5.82 Å². The highest BCUT2D eigenvalue weighted by Gasteiger charge is 2.23. The number of aromatic nitrogens is 4. The molecule has 1 saturated carbocycles. The molecule has 1 aliphatic carbocycles. The third kappa shape index (κ3) is 1.95. The lowest BCUT2D eigenvalue weighted by molar-refractivity contribution is 0.116.